The first-order valence-electron chi connectivity index (χ1n) is 5.37. The molecule has 0 aromatic heterocycles. The summed E-state index contributed by atoms with van der Waals surface area (Å²) < 4.78 is 5.25. The van der Waals surface area contributed by atoms with Gasteiger partial charge in [-0.05, 0) is 12.1 Å². The van der Waals surface area contributed by atoms with Gasteiger partial charge in [-0.25, -0.2) is 0 Å². The molecule has 0 aliphatic carbocycles. The number of benzene rings is 1. The molecule has 0 saturated carbocycles. The topological polar surface area (TPSA) is 21.3 Å². The Kier molecular flexibility index (Phi) is 5.36. The molecular weight excluding hydrogens is 222 g/mol. The van der Waals surface area contributed by atoms with E-state index >= 15 is 0 Å². The van der Waals surface area contributed by atoms with Crippen LogP contribution in [0.3, 0.4) is 0 Å². The minimum atomic E-state index is 0.484. The molecule has 0 saturated heterocycles. The van der Waals surface area contributed by atoms with Crippen molar-refractivity contribution in [1.29, 1.82) is 0 Å². The molecular formula is C13H18ClNO. The summed E-state index contributed by atoms with van der Waals surface area (Å²) in [7, 11) is 1.65. The predicted octanol–water partition coefficient (Wildman–Crippen LogP) is 3.36. The van der Waals surface area contributed by atoms with Gasteiger partial charge in [0.2, 0.25) is 0 Å². The Morgan fingerprint density at radius 3 is 2.81 bits per heavy atom. The van der Waals surface area contributed by atoms with Gasteiger partial charge in [0.25, 0.3) is 0 Å². The zero-order valence-electron chi connectivity index (χ0n) is 9.96. The summed E-state index contributed by atoms with van der Waals surface area (Å²) in [4.78, 5) is 0. The first-order valence-corrected chi connectivity index (χ1v) is 5.75. The Morgan fingerprint density at radius 1 is 1.44 bits per heavy atom. The number of rotatable bonds is 5. The number of hydrogen-bond acceptors (Lipinski definition) is 2. The van der Waals surface area contributed by atoms with Crippen LogP contribution >= 0.6 is 11.6 Å². The Bertz CT molecular complexity index is 361. The molecule has 2 nitrogen and oxygen atoms in total. The van der Waals surface area contributed by atoms with Crippen molar-refractivity contribution in [3.05, 3.63) is 34.9 Å². The number of hydrogen-bond donors (Lipinski definition) is 1. The minimum Gasteiger partial charge on any atom is -0.496 e. The fourth-order valence-corrected chi connectivity index (χ4v) is 1.57. The van der Waals surface area contributed by atoms with Crippen LogP contribution in [0.1, 0.15) is 19.4 Å². The summed E-state index contributed by atoms with van der Waals surface area (Å²) in [6.07, 6.45) is 4.03. The van der Waals surface area contributed by atoms with Crippen LogP contribution in [0.5, 0.6) is 5.75 Å². The monoisotopic (exact) mass is 239 g/mol. The lowest BCUT2D eigenvalue weighted by Gasteiger charge is -2.07. The van der Waals surface area contributed by atoms with Gasteiger partial charge >= 0.3 is 0 Å². The van der Waals surface area contributed by atoms with Gasteiger partial charge in [-0.3, -0.25) is 0 Å². The first-order chi connectivity index (χ1) is 7.65. The molecule has 1 rings (SSSR count). The standard InChI is InChI=1S/C13H18ClNO/c1-10(2)15-9-5-6-11-12(14)7-4-8-13(11)16-3/h4-8,10,15H,9H2,1-3H3/b6-5+. The van der Waals surface area contributed by atoms with Gasteiger partial charge in [0, 0.05) is 18.2 Å². The zero-order valence-corrected chi connectivity index (χ0v) is 10.7. The second-order valence-corrected chi connectivity index (χ2v) is 4.23. The third-order valence-corrected chi connectivity index (χ3v) is 2.49. The molecule has 0 heterocycles. The predicted molar refractivity (Wildman–Crippen MR) is 70.2 cm³/mol. The third kappa shape index (κ3) is 3.87. The van der Waals surface area contributed by atoms with Crippen LogP contribution in [-0.4, -0.2) is 19.7 Å². The van der Waals surface area contributed by atoms with Crippen LogP contribution < -0.4 is 10.1 Å². The lowest BCUT2D eigenvalue weighted by Crippen LogP contribution is -2.22. The third-order valence-electron chi connectivity index (χ3n) is 2.16. The number of halogens is 1. The van der Waals surface area contributed by atoms with Crippen LogP contribution in [-0.2, 0) is 0 Å². The molecule has 0 unspecified atom stereocenters. The maximum absolute atomic E-state index is 6.10. The quantitative estimate of drug-likeness (QED) is 0.851. The second kappa shape index (κ2) is 6.56. The number of nitrogens with one attached hydrogen (secondary N) is 1. The molecule has 1 aromatic rings. The van der Waals surface area contributed by atoms with Gasteiger partial charge in [0.1, 0.15) is 5.75 Å². The van der Waals surface area contributed by atoms with E-state index in [0.717, 1.165) is 17.9 Å². The van der Waals surface area contributed by atoms with E-state index in [0.29, 0.717) is 11.1 Å². The van der Waals surface area contributed by atoms with Crippen molar-refractivity contribution in [2.45, 2.75) is 19.9 Å². The smallest absolute Gasteiger partial charge is 0.127 e. The van der Waals surface area contributed by atoms with E-state index < -0.39 is 0 Å². The highest BCUT2D eigenvalue weighted by molar-refractivity contribution is 6.32. The summed E-state index contributed by atoms with van der Waals surface area (Å²) in [5, 5.41) is 4.01. The Hall–Kier alpha value is -0.990. The van der Waals surface area contributed by atoms with Crippen LogP contribution in [0, 0.1) is 0 Å². The molecule has 0 spiro atoms. The van der Waals surface area contributed by atoms with Crippen molar-refractivity contribution in [2.24, 2.45) is 0 Å². The van der Waals surface area contributed by atoms with Crippen LogP contribution in [0.25, 0.3) is 6.08 Å². The van der Waals surface area contributed by atoms with Crippen molar-refractivity contribution in [3.8, 4) is 5.75 Å². The zero-order chi connectivity index (χ0) is 12.0. The lowest BCUT2D eigenvalue weighted by atomic mass is 10.2. The van der Waals surface area contributed by atoms with Gasteiger partial charge in [-0.2, -0.15) is 0 Å². The van der Waals surface area contributed by atoms with E-state index in [1.54, 1.807) is 7.11 Å². The maximum Gasteiger partial charge on any atom is 0.127 e. The normalized spacial score (nSPS) is 11.3. The molecule has 1 aromatic carbocycles. The molecule has 88 valence electrons. The lowest BCUT2D eigenvalue weighted by molar-refractivity contribution is 0.414. The molecule has 0 aliphatic heterocycles. The van der Waals surface area contributed by atoms with Gasteiger partial charge in [0.15, 0.2) is 0 Å². The van der Waals surface area contributed by atoms with Crippen molar-refractivity contribution >= 4 is 17.7 Å². The SMILES string of the molecule is COc1cccc(Cl)c1/C=C/CNC(C)C. The first kappa shape index (κ1) is 13.1. The van der Waals surface area contributed by atoms with Crippen LogP contribution in [0.15, 0.2) is 24.3 Å². The van der Waals surface area contributed by atoms with Crippen molar-refractivity contribution < 1.29 is 4.74 Å². The Balaban J connectivity index is 2.72. The molecule has 0 amide bonds. The summed E-state index contributed by atoms with van der Waals surface area (Å²) in [6, 6.07) is 6.13. The van der Waals surface area contributed by atoms with E-state index in [4.69, 9.17) is 16.3 Å². The van der Waals surface area contributed by atoms with E-state index in [-0.39, 0.29) is 0 Å². The van der Waals surface area contributed by atoms with E-state index in [2.05, 4.69) is 19.2 Å². The Morgan fingerprint density at radius 2 is 2.19 bits per heavy atom. The average molecular weight is 240 g/mol. The van der Waals surface area contributed by atoms with Gasteiger partial charge in [-0.1, -0.05) is 43.7 Å². The van der Waals surface area contributed by atoms with Gasteiger partial charge in [-0.15, -0.1) is 0 Å². The van der Waals surface area contributed by atoms with E-state index in [1.807, 2.05) is 30.4 Å². The maximum atomic E-state index is 6.10. The van der Waals surface area contributed by atoms with Crippen molar-refractivity contribution in [1.82, 2.24) is 5.32 Å². The molecule has 0 fully saturated rings. The highest BCUT2D eigenvalue weighted by Crippen LogP contribution is 2.27. The van der Waals surface area contributed by atoms with Crippen LogP contribution in [0.4, 0.5) is 0 Å². The summed E-state index contributed by atoms with van der Waals surface area (Å²) in [5.74, 6) is 0.799. The van der Waals surface area contributed by atoms with E-state index in [9.17, 15) is 0 Å². The Labute approximate surface area is 102 Å². The fraction of sp³-hybridized carbons (Fsp3) is 0.385. The molecule has 1 N–H and O–H groups in total. The van der Waals surface area contributed by atoms with E-state index in [1.165, 1.54) is 0 Å². The summed E-state index contributed by atoms with van der Waals surface area (Å²) in [6.45, 7) is 5.06. The molecule has 0 atom stereocenters. The fourth-order valence-electron chi connectivity index (χ4n) is 1.34. The molecule has 0 bridgehead atoms. The van der Waals surface area contributed by atoms with Crippen molar-refractivity contribution in [2.75, 3.05) is 13.7 Å². The second-order valence-electron chi connectivity index (χ2n) is 3.82. The highest BCUT2D eigenvalue weighted by Gasteiger charge is 2.02. The van der Waals surface area contributed by atoms with Crippen molar-refractivity contribution in [3.63, 3.8) is 0 Å². The highest BCUT2D eigenvalue weighted by atomic mass is 35.5. The minimum absolute atomic E-state index is 0.484. The van der Waals surface area contributed by atoms with Crippen LogP contribution in [0.2, 0.25) is 5.02 Å². The number of methoxy groups -OCH3 is 1. The summed E-state index contributed by atoms with van der Waals surface area (Å²) in [5.41, 5.74) is 0.928. The molecule has 3 heteroatoms. The largest absolute Gasteiger partial charge is 0.496 e. The molecule has 0 aliphatic rings. The average Bonchev–Trinajstić information content (AvgIpc) is 2.25. The van der Waals surface area contributed by atoms with Gasteiger partial charge in [0.05, 0.1) is 12.1 Å². The molecule has 16 heavy (non-hydrogen) atoms. The number of ether oxygens (including phenoxy) is 1. The summed E-state index contributed by atoms with van der Waals surface area (Å²) >= 11 is 6.10. The van der Waals surface area contributed by atoms with Gasteiger partial charge < -0.3 is 10.1 Å². The molecule has 0 radical (unpaired) electrons.